The molecule has 0 aliphatic rings. The molecule has 0 atom stereocenters. The van der Waals surface area contributed by atoms with Crippen molar-refractivity contribution in [3.63, 3.8) is 0 Å². The number of rotatable bonds is 2. The highest BCUT2D eigenvalue weighted by Gasteiger charge is 2.19. The lowest BCUT2D eigenvalue weighted by atomic mass is 10.1. The number of carboxylic acid groups (broad SMARTS) is 1. The van der Waals surface area contributed by atoms with Gasteiger partial charge in [-0.2, -0.15) is 0 Å². The van der Waals surface area contributed by atoms with E-state index in [0.717, 1.165) is 27.3 Å². The van der Waals surface area contributed by atoms with Crippen molar-refractivity contribution < 1.29 is 15.0 Å². The standard InChI is InChI=1S/C20H12N4O3/c25-18-12(4-1-5-13(18)20(26)27)19-23-16-10-6-2-8-21-14(10)15-11(17(16)24-19)7-3-9-22-15/h1-9,25H,(H,23,24)(H,26,27). The largest absolute Gasteiger partial charge is 0.506 e. The first kappa shape index (κ1) is 15.3. The second-order valence-corrected chi connectivity index (χ2v) is 6.12. The van der Waals surface area contributed by atoms with Crippen LogP contribution in [-0.2, 0) is 0 Å². The second-order valence-electron chi connectivity index (χ2n) is 6.12. The lowest BCUT2D eigenvalue weighted by Crippen LogP contribution is -1.97. The van der Waals surface area contributed by atoms with E-state index in [9.17, 15) is 15.0 Å². The van der Waals surface area contributed by atoms with E-state index in [1.165, 1.54) is 6.07 Å². The van der Waals surface area contributed by atoms with E-state index < -0.39 is 5.97 Å². The number of nitrogens with one attached hydrogen (secondary N) is 1. The van der Waals surface area contributed by atoms with Gasteiger partial charge in [-0.05, 0) is 36.4 Å². The molecule has 0 aliphatic heterocycles. The second kappa shape index (κ2) is 5.50. The minimum absolute atomic E-state index is 0.175. The molecule has 7 nitrogen and oxygen atoms in total. The summed E-state index contributed by atoms with van der Waals surface area (Å²) in [6.07, 6.45) is 3.42. The minimum Gasteiger partial charge on any atom is -0.506 e. The predicted octanol–water partition coefficient (Wildman–Crippen LogP) is 3.73. The zero-order valence-electron chi connectivity index (χ0n) is 13.8. The van der Waals surface area contributed by atoms with Gasteiger partial charge in [-0.25, -0.2) is 9.78 Å². The van der Waals surface area contributed by atoms with Crippen molar-refractivity contribution in [2.45, 2.75) is 0 Å². The molecule has 0 unspecified atom stereocenters. The molecular formula is C20H12N4O3. The summed E-state index contributed by atoms with van der Waals surface area (Å²) < 4.78 is 0. The van der Waals surface area contributed by atoms with Gasteiger partial charge in [0.05, 0.1) is 27.6 Å². The zero-order valence-corrected chi connectivity index (χ0v) is 13.8. The molecule has 5 aromatic rings. The first-order valence-electron chi connectivity index (χ1n) is 8.22. The van der Waals surface area contributed by atoms with Gasteiger partial charge < -0.3 is 15.2 Å². The van der Waals surface area contributed by atoms with Crippen LogP contribution in [0, 0.1) is 0 Å². The summed E-state index contributed by atoms with van der Waals surface area (Å²) in [7, 11) is 0. The van der Waals surface area contributed by atoms with E-state index in [2.05, 4.69) is 19.9 Å². The Kier molecular flexibility index (Phi) is 3.11. The molecule has 0 saturated carbocycles. The Morgan fingerprint density at radius 2 is 1.59 bits per heavy atom. The normalized spacial score (nSPS) is 11.4. The molecule has 7 heteroatoms. The number of fused-ring (bicyclic) bond motifs is 6. The first-order valence-corrected chi connectivity index (χ1v) is 8.22. The maximum absolute atomic E-state index is 11.3. The Bertz CT molecular complexity index is 1300. The first-order chi connectivity index (χ1) is 13.1. The molecule has 3 heterocycles. The molecule has 3 aromatic heterocycles. The van der Waals surface area contributed by atoms with Crippen LogP contribution in [0.5, 0.6) is 5.75 Å². The fourth-order valence-corrected chi connectivity index (χ4v) is 3.38. The van der Waals surface area contributed by atoms with Gasteiger partial charge in [0.25, 0.3) is 0 Å². The average molecular weight is 356 g/mol. The third-order valence-electron chi connectivity index (χ3n) is 4.59. The van der Waals surface area contributed by atoms with Crippen molar-refractivity contribution in [3.8, 4) is 17.1 Å². The van der Waals surface area contributed by atoms with Crippen LogP contribution >= 0.6 is 0 Å². The molecule has 2 aromatic carbocycles. The molecule has 0 fully saturated rings. The number of aromatic hydroxyl groups is 1. The van der Waals surface area contributed by atoms with Gasteiger partial charge in [0.1, 0.15) is 17.1 Å². The third-order valence-corrected chi connectivity index (χ3v) is 4.59. The van der Waals surface area contributed by atoms with Crippen molar-refractivity contribution in [1.29, 1.82) is 0 Å². The quantitative estimate of drug-likeness (QED) is 0.416. The highest BCUT2D eigenvalue weighted by Crippen LogP contribution is 2.36. The van der Waals surface area contributed by atoms with Crippen LogP contribution in [0.2, 0.25) is 0 Å². The molecule has 0 saturated heterocycles. The van der Waals surface area contributed by atoms with Gasteiger partial charge in [0.2, 0.25) is 0 Å². The number of nitrogens with zero attached hydrogens (tertiary/aromatic N) is 3. The number of benzene rings is 2. The molecule has 130 valence electrons. The molecule has 5 rings (SSSR count). The number of imidazole rings is 1. The number of phenols is 1. The number of aromatic carboxylic acids is 1. The monoisotopic (exact) mass is 356 g/mol. The summed E-state index contributed by atoms with van der Waals surface area (Å²) in [5, 5.41) is 21.3. The highest BCUT2D eigenvalue weighted by molar-refractivity contribution is 6.21. The van der Waals surface area contributed by atoms with Gasteiger partial charge in [-0.1, -0.05) is 6.07 Å². The number of hydrogen-bond donors (Lipinski definition) is 3. The Hall–Kier alpha value is -4.00. The zero-order chi connectivity index (χ0) is 18.5. The SMILES string of the molecule is O=C(O)c1cccc(-c2nc3c4cccnc4c4ncccc4c3[nH]2)c1O. The number of hydrogen-bond acceptors (Lipinski definition) is 5. The Morgan fingerprint density at radius 3 is 2.33 bits per heavy atom. The molecule has 0 bridgehead atoms. The number of carboxylic acids is 1. The Labute approximate surface area is 152 Å². The number of para-hydroxylation sites is 1. The summed E-state index contributed by atoms with van der Waals surface area (Å²) in [6, 6.07) is 12.0. The van der Waals surface area contributed by atoms with E-state index in [1.54, 1.807) is 24.5 Å². The predicted molar refractivity (Wildman–Crippen MR) is 101 cm³/mol. The summed E-state index contributed by atoms with van der Waals surface area (Å²) >= 11 is 0. The number of aromatic nitrogens is 4. The van der Waals surface area contributed by atoms with Gasteiger partial charge >= 0.3 is 5.97 Å². The Balaban J connectivity index is 1.90. The molecule has 0 spiro atoms. The molecule has 3 N–H and O–H groups in total. The summed E-state index contributed by atoms with van der Waals surface area (Å²) in [5.41, 5.74) is 3.08. The van der Waals surface area contributed by atoms with E-state index in [-0.39, 0.29) is 11.3 Å². The smallest absolute Gasteiger partial charge is 0.339 e. The summed E-state index contributed by atoms with van der Waals surface area (Å²) in [4.78, 5) is 28.1. The maximum atomic E-state index is 11.3. The average Bonchev–Trinajstić information content (AvgIpc) is 3.14. The summed E-state index contributed by atoms with van der Waals surface area (Å²) in [6.45, 7) is 0. The third kappa shape index (κ3) is 2.15. The van der Waals surface area contributed by atoms with Crippen molar-refractivity contribution in [1.82, 2.24) is 19.9 Å². The molecular weight excluding hydrogens is 344 g/mol. The van der Waals surface area contributed by atoms with Gasteiger partial charge in [-0.15, -0.1) is 0 Å². The van der Waals surface area contributed by atoms with Crippen LogP contribution in [0.15, 0.2) is 54.9 Å². The molecule has 27 heavy (non-hydrogen) atoms. The van der Waals surface area contributed by atoms with Crippen LogP contribution in [0.25, 0.3) is 44.2 Å². The van der Waals surface area contributed by atoms with Gasteiger partial charge in [0, 0.05) is 23.2 Å². The fraction of sp³-hybridized carbons (Fsp3) is 0. The minimum atomic E-state index is -1.20. The lowest BCUT2D eigenvalue weighted by Gasteiger charge is -2.04. The molecule has 0 radical (unpaired) electrons. The summed E-state index contributed by atoms with van der Waals surface area (Å²) in [5.74, 6) is -1.14. The van der Waals surface area contributed by atoms with Crippen molar-refractivity contribution in [2.75, 3.05) is 0 Å². The van der Waals surface area contributed by atoms with E-state index in [0.29, 0.717) is 16.9 Å². The Morgan fingerprint density at radius 1 is 0.889 bits per heavy atom. The van der Waals surface area contributed by atoms with E-state index in [1.807, 2.05) is 24.3 Å². The van der Waals surface area contributed by atoms with Crippen molar-refractivity contribution >= 4 is 38.8 Å². The van der Waals surface area contributed by atoms with Gasteiger partial charge in [-0.3, -0.25) is 9.97 Å². The van der Waals surface area contributed by atoms with Crippen LogP contribution in [0.4, 0.5) is 0 Å². The van der Waals surface area contributed by atoms with E-state index >= 15 is 0 Å². The molecule has 0 aliphatic carbocycles. The number of pyridine rings is 2. The lowest BCUT2D eigenvalue weighted by molar-refractivity contribution is 0.0694. The number of H-pyrrole nitrogens is 1. The topological polar surface area (TPSA) is 112 Å². The fourth-order valence-electron chi connectivity index (χ4n) is 3.38. The van der Waals surface area contributed by atoms with Crippen LogP contribution in [0.1, 0.15) is 10.4 Å². The van der Waals surface area contributed by atoms with E-state index in [4.69, 9.17) is 0 Å². The van der Waals surface area contributed by atoms with Crippen molar-refractivity contribution in [2.24, 2.45) is 0 Å². The van der Waals surface area contributed by atoms with Crippen LogP contribution in [0.3, 0.4) is 0 Å². The van der Waals surface area contributed by atoms with Gasteiger partial charge in [0.15, 0.2) is 0 Å². The number of carbonyl (C=O) groups is 1. The highest BCUT2D eigenvalue weighted by atomic mass is 16.4. The van der Waals surface area contributed by atoms with Crippen LogP contribution in [-0.4, -0.2) is 36.1 Å². The number of aromatic amines is 1. The van der Waals surface area contributed by atoms with Crippen LogP contribution < -0.4 is 0 Å². The van der Waals surface area contributed by atoms with Crippen molar-refractivity contribution in [3.05, 3.63) is 60.4 Å². The molecule has 0 amide bonds. The maximum Gasteiger partial charge on any atom is 0.339 e.